The number of likely N-dealkylation sites (N-methyl/N-ethyl adjacent to an activating group) is 1. The van der Waals surface area contributed by atoms with Gasteiger partial charge in [-0.1, -0.05) is 18.2 Å². The number of aromatic nitrogens is 1. The number of anilines is 1. The standard InChI is InChI=1S/C27H22F2N4O4S/c1-32-20-8-6-5-7-17(20)24(26(32)34)31-33-21(15-11-22(35-2)25(37-4)23(12-15)36-3)14-38-27(33)30-19-10-9-16(28)13-18(19)29/h5-14H,1-4H3. The Bertz CT molecular complexity index is 1640. The van der Waals surface area contributed by atoms with E-state index in [1.807, 2.05) is 18.2 Å². The van der Waals surface area contributed by atoms with Crippen LogP contribution in [0.3, 0.4) is 0 Å². The molecule has 0 radical (unpaired) electrons. The van der Waals surface area contributed by atoms with Crippen LogP contribution in [0.15, 0.2) is 70.1 Å². The molecule has 0 bridgehead atoms. The van der Waals surface area contributed by atoms with Crippen LogP contribution in [0.5, 0.6) is 17.2 Å². The molecule has 2 heterocycles. The number of para-hydroxylation sites is 1. The quantitative estimate of drug-likeness (QED) is 0.348. The van der Waals surface area contributed by atoms with E-state index in [-0.39, 0.29) is 22.1 Å². The number of hydrogen-bond acceptors (Lipinski definition) is 7. The molecule has 0 fully saturated rings. The van der Waals surface area contributed by atoms with Crippen molar-refractivity contribution in [2.45, 2.75) is 0 Å². The number of amides is 1. The number of fused-ring (bicyclic) bond motifs is 1. The summed E-state index contributed by atoms with van der Waals surface area (Å²) in [5.74, 6) is -0.606. The van der Waals surface area contributed by atoms with Crippen LogP contribution in [0, 0.1) is 11.6 Å². The first-order valence-corrected chi connectivity index (χ1v) is 12.2. The zero-order valence-electron chi connectivity index (χ0n) is 20.9. The van der Waals surface area contributed by atoms with Crippen molar-refractivity contribution in [2.24, 2.45) is 10.1 Å². The highest BCUT2D eigenvalue weighted by Gasteiger charge is 2.32. The Morgan fingerprint density at radius 3 is 2.29 bits per heavy atom. The molecule has 8 nitrogen and oxygen atoms in total. The molecular weight excluding hydrogens is 514 g/mol. The molecular formula is C27H22F2N4O4S. The number of halogens is 2. The first-order valence-electron chi connectivity index (χ1n) is 11.3. The van der Waals surface area contributed by atoms with E-state index in [9.17, 15) is 13.6 Å². The summed E-state index contributed by atoms with van der Waals surface area (Å²) in [5.41, 5.74) is 2.62. The first kappa shape index (κ1) is 25.2. The highest BCUT2D eigenvalue weighted by Crippen LogP contribution is 2.41. The predicted molar refractivity (Wildman–Crippen MR) is 141 cm³/mol. The van der Waals surface area contributed by atoms with Crippen molar-refractivity contribution in [3.05, 3.63) is 82.0 Å². The second-order valence-electron chi connectivity index (χ2n) is 8.17. The van der Waals surface area contributed by atoms with Gasteiger partial charge in [-0.05, 0) is 30.3 Å². The number of carbonyl (C=O) groups excluding carboxylic acids is 1. The molecule has 1 amide bonds. The number of hydrogen-bond donors (Lipinski definition) is 0. The molecule has 0 N–H and O–H groups in total. The van der Waals surface area contributed by atoms with E-state index in [1.165, 1.54) is 48.3 Å². The average Bonchev–Trinajstić information content (AvgIpc) is 3.43. The summed E-state index contributed by atoms with van der Waals surface area (Å²) in [6.45, 7) is 0. The second kappa shape index (κ2) is 10.1. The van der Waals surface area contributed by atoms with Crippen molar-refractivity contribution in [2.75, 3.05) is 33.3 Å². The highest BCUT2D eigenvalue weighted by atomic mass is 32.1. The van der Waals surface area contributed by atoms with E-state index >= 15 is 0 Å². The fourth-order valence-corrected chi connectivity index (χ4v) is 4.97. The van der Waals surface area contributed by atoms with Crippen molar-refractivity contribution < 1.29 is 27.8 Å². The minimum Gasteiger partial charge on any atom is -0.493 e. The number of thiazole rings is 1. The summed E-state index contributed by atoms with van der Waals surface area (Å²) in [6.07, 6.45) is 0. The van der Waals surface area contributed by atoms with Crippen LogP contribution >= 0.6 is 11.3 Å². The Labute approximate surface area is 220 Å². The van der Waals surface area contributed by atoms with Gasteiger partial charge in [-0.25, -0.2) is 18.4 Å². The summed E-state index contributed by atoms with van der Waals surface area (Å²) in [5, 5.41) is 6.48. The van der Waals surface area contributed by atoms with Crippen molar-refractivity contribution in [3.63, 3.8) is 0 Å². The summed E-state index contributed by atoms with van der Waals surface area (Å²) in [6, 6.07) is 13.9. The average molecular weight is 537 g/mol. The first-order chi connectivity index (χ1) is 18.4. The molecule has 194 valence electrons. The lowest BCUT2D eigenvalue weighted by atomic mass is 10.1. The Morgan fingerprint density at radius 2 is 1.63 bits per heavy atom. The van der Waals surface area contributed by atoms with Crippen LogP contribution in [-0.2, 0) is 4.79 Å². The molecule has 0 unspecified atom stereocenters. The maximum absolute atomic E-state index is 14.5. The topological polar surface area (TPSA) is 77.7 Å². The summed E-state index contributed by atoms with van der Waals surface area (Å²) in [4.78, 5) is 19.4. The zero-order chi connectivity index (χ0) is 27.0. The third-order valence-corrected chi connectivity index (χ3v) is 6.82. The van der Waals surface area contributed by atoms with Gasteiger partial charge in [0.05, 0.1) is 32.7 Å². The van der Waals surface area contributed by atoms with Crippen LogP contribution in [0.4, 0.5) is 20.2 Å². The molecule has 0 aliphatic carbocycles. The van der Waals surface area contributed by atoms with Crippen molar-refractivity contribution >= 4 is 34.3 Å². The SMILES string of the molecule is COc1cc(-c2csc(=Nc3ccc(F)cc3F)n2N=C2C(=O)N(C)c3ccccc32)cc(OC)c1OC. The third kappa shape index (κ3) is 4.30. The number of benzene rings is 3. The Morgan fingerprint density at radius 1 is 0.921 bits per heavy atom. The normalized spacial score (nSPS) is 14.3. The molecule has 0 saturated heterocycles. The number of methoxy groups -OCH3 is 3. The molecule has 38 heavy (non-hydrogen) atoms. The molecule has 0 spiro atoms. The molecule has 1 aliphatic heterocycles. The van der Waals surface area contributed by atoms with E-state index in [4.69, 9.17) is 19.3 Å². The van der Waals surface area contributed by atoms with Gasteiger partial charge in [0.15, 0.2) is 23.0 Å². The van der Waals surface area contributed by atoms with E-state index in [0.29, 0.717) is 39.8 Å². The van der Waals surface area contributed by atoms with Gasteiger partial charge in [-0.3, -0.25) is 4.79 Å². The Balaban J connectivity index is 1.79. The molecule has 3 aromatic carbocycles. The minimum atomic E-state index is -0.825. The van der Waals surface area contributed by atoms with Gasteiger partial charge in [0.2, 0.25) is 10.6 Å². The van der Waals surface area contributed by atoms with Crippen molar-refractivity contribution in [3.8, 4) is 28.5 Å². The van der Waals surface area contributed by atoms with Gasteiger partial charge < -0.3 is 19.1 Å². The molecule has 0 saturated carbocycles. The second-order valence-corrected chi connectivity index (χ2v) is 9.00. The molecule has 0 atom stereocenters. The number of nitrogens with zero attached hydrogens (tertiary/aromatic N) is 4. The third-order valence-electron chi connectivity index (χ3n) is 6.00. The maximum atomic E-state index is 14.5. The number of ether oxygens (including phenoxy) is 3. The van der Waals surface area contributed by atoms with Crippen LogP contribution < -0.4 is 23.9 Å². The molecule has 5 rings (SSSR count). The molecule has 4 aromatic rings. The van der Waals surface area contributed by atoms with E-state index in [0.717, 1.165) is 12.1 Å². The predicted octanol–water partition coefficient (Wildman–Crippen LogP) is 4.98. The van der Waals surface area contributed by atoms with Gasteiger partial charge >= 0.3 is 0 Å². The lowest BCUT2D eigenvalue weighted by molar-refractivity contribution is -0.112. The maximum Gasteiger partial charge on any atom is 0.279 e. The molecule has 11 heteroatoms. The summed E-state index contributed by atoms with van der Waals surface area (Å²) >= 11 is 1.17. The van der Waals surface area contributed by atoms with Crippen LogP contribution in [0.2, 0.25) is 0 Å². The fourth-order valence-electron chi connectivity index (χ4n) is 4.12. The van der Waals surface area contributed by atoms with Crippen LogP contribution in [0.1, 0.15) is 5.56 Å². The smallest absolute Gasteiger partial charge is 0.279 e. The van der Waals surface area contributed by atoms with Gasteiger partial charge in [-0.2, -0.15) is 5.10 Å². The van der Waals surface area contributed by atoms with Crippen molar-refractivity contribution in [1.29, 1.82) is 0 Å². The summed E-state index contributed by atoms with van der Waals surface area (Å²) < 4.78 is 45.9. The van der Waals surface area contributed by atoms with Crippen LogP contribution in [0.25, 0.3) is 11.3 Å². The van der Waals surface area contributed by atoms with Gasteiger partial charge in [0.25, 0.3) is 5.91 Å². The highest BCUT2D eigenvalue weighted by molar-refractivity contribution is 7.07. The van der Waals surface area contributed by atoms with E-state index in [1.54, 1.807) is 30.6 Å². The Kier molecular flexibility index (Phi) is 6.68. The fraction of sp³-hybridized carbons (Fsp3) is 0.148. The lowest BCUT2D eigenvalue weighted by Crippen LogP contribution is -2.27. The zero-order valence-corrected chi connectivity index (χ0v) is 21.7. The summed E-state index contributed by atoms with van der Waals surface area (Å²) in [7, 11) is 6.18. The van der Waals surface area contributed by atoms with Crippen molar-refractivity contribution in [1.82, 2.24) is 4.68 Å². The number of carbonyl (C=O) groups is 1. The van der Waals surface area contributed by atoms with E-state index < -0.39 is 11.6 Å². The van der Waals surface area contributed by atoms with Crippen LogP contribution in [-0.4, -0.2) is 44.7 Å². The molecule has 1 aromatic heterocycles. The number of rotatable bonds is 6. The monoisotopic (exact) mass is 536 g/mol. The molecule has 1 aliphatic rings. The largest absolute Gasteiger partial charge is 0.493 e. The van der Waals surface area contributed by atoms with E-state index in [2.05, 4.69) is 4.99 Å². The van der Waals surface area contributed by atoms with Gasteiger partial charge in [-0.15, -0.1) is 11.3 Å². The van der Waals surface area contributed by atoms with Gasteiger partial charge in [0, 0.05) is 29.6 Å². The van der Waals surface area contributed by atoms with Gasteiger partial charge in [0.1, 0.15) is 11.5 Å². The Hall–Kier alpha value is -4.51. The lowest BCUT2D eigenvalue weighted by Gasteiger charge is -2.14. The minimum absolute atomic E-state index is 0.0751.